The average molecular weight is 382 g/mol. The van der Waals surface area contributed by atoms with Crippen LogP contribution < -0.4 is 14.4 Å². The van der Waals surface area contributed by atoms with Crippen LogP contribution in [0.15, 0.2) is 48.5 Å². The molecule has 148 valence electrons. The molecule has 0 spiro atoms. The standard InChI is InChI=1S/C22H26N2O4/c1-16-8-10-18(11-9-16)24-15-17(14-21(24)25)22(26)23(2)12-13-28-20-7-5-4-6-19(20)27-3/h4-11,17H,12-15H2,1-3H3. The number of hydrogen-bond acceptors (Lipinski definition) is 4. The molecule has 2 amide bonds. The third-order valence-corrected chi connectivity index (χ3v) is 4.95. The molecule has 2 aromatic carbocycles. The summed E-state index contributed by atoms with van der Waals surface area (Å²) in [5, 5.41) is 0. The normalized spacial score (nSPS) is 16.2. The summed E-state index contributed by atoms with van der Waals surface area (Å²) in [5.74, 6) is 0.927. The Bertz CT molecular complexity index is 835. The molecule has 28 heavy (non-hydrogen) atoms. The number of anilines is 1. The molecule has 0 aromatic heterocycles. The highest BCUT2D eigenvalue weighted by molar-refractivity contribution is 6.00. The van der Waals surface area contributed by atoms with Crippen LogP contribution in [0.4, 0.5) is 5.69 Å². The number of carbonyl (C=O) groups excluding carboxylic acids is 2. The maximum Gasteiger partial charge on any atom is 0.227 e. The van der Waals surface area contributed by atoms with Crippen molar-refractivity contribution in [1.29, 1.82) is 0 Å². The van der Waals surface area contributed by atoms with E-state index < -0.39 is 0 Å². The van der Waals surface area contributed by atoms with Crippen molar-refractivity contribution in [1.82, 2.24) is 4.90 Å². The Morgan fingerprint density at radius 3 is 2.50 bits per heavy atom. The van der Waals surface area contributed by atoms with Crippen molar-refractivity contribution in [3.63, 3.8) is 0 Å². The van der Waals surface area contributed by atoms with Crippen LogP contribution >= 0.6 is 0 Å². The van der Waals surface area contributed by atoms with Gasteiger partial charge in [-0.3, -0.25) is 9.59 Å². The zero-order valence-corrected chi connectivity index (χ0v) is 16.6. The Morgan fingerprint density at radius 1 is 1.14 bits per heavy atom. The lowest BCUT2D eigenvalue weighted by atomic mass is 10.1. The predicted octanol–water partition coefficient (Wildman–Crippen LogP) is 2.89. The minimum atomic E-state index is -0.329. The molecular weight excluding hydrogens is 356 g/mol. The van der Waals surface area contributed by atoms with Crippen LogP contribution in [0.2, 0.25) is 0 Å². The average Bonchev–Trinajstić information content (AvgIpc) is 3.09. The van der Waals surface area contributed by atoms with Crippen molar-refractivity contribution in [2.45, 2.75) is 13.3 Å². The number of hydrogen-bond donors (Lipinski definition) is 0. The molecule has 0 radical (unpaired) electrons. The molecule has 6 heteroatoms. The van der Waals surface area contributed by atoms with E-state index in [-0.39, 0.29) is 24.2 Å². The van der Waals surface area contributed by atoms with Gasteiger partial charge in [-0.25, -0.2) is 0 Å². The van der Waals surface area contributed by atoms with Gasteiger partial charge in [-0.1, -0.05) is 29.8 Å². The van der Waals surface area contributed by atoms with Gasteiger partial charge in [-0.2, -0.15) is 0 Å². The summed E-state index contributed by atoms with van der Waals surface area (Å²) in [6.07, 6.45) is 0.240. The molecule has 0 aliphatic carbocycles. The van der Waals surface area contributed by atoms with Gasteiger partial charge in [0.05, 0.1) is 19.6 Å². The molecule has 1 unspecified atom stereocenters. The lowest BCUT2D eigenvalue weighted by Crippen LogP contribution is -2.37. The van der Waals surface area contributed by atoms with E-state index in [9.17, 15) is 9.59 Å². The molecule has 2 aromatic rings. The zero-order valence-electron chi connectivity index (χ0n) is 16.6. The minimum absolute atomic E-state index is 0.0131. The fourth-order valence-corrected chi connectivity index (χ4v) is 3.30. The summed E-state index contributed by atoms with van der Waals surface area (Å²) < 4.78 is 11.0. The maximum atomic E-state index is 12.8. The molecule has 3 rings (SSSR count). The molecule has 1 aliphatic heterocycles. The first-order valence-corrected chi connectivity index (χ1v) is 9.37. The smallest absolute Gasteiger partial charge is 0.227 e. The molecule has 1 aliphatic rings. The van der Waals surface area contributed by atoms with E-state index in [1.54, 1.807) is 24.0 Å². The van der Waals surface area contributed by atoms with Crippen molar-refractivity contribution < 1.29 is 19.1 Å². The SMILES string of the molecule is COc1ccccc1OCCN(C)C(=O)C1CC(=O)N(c2ccc(C)cc2)C1. The monoisotopic (exact) mass is 382 g/mol. The summed E-state index contributed by atoms with van der Waals surface area (Å²) in [7, 11) is 3.34. The minimum Gasteiger partial charge on any atom is -0.493 e. The van der Waals surface area contributed by atoms with Crippen LogP contribution in [0.3, 0.4) is 0 Å². The Morgan fingerprint density at radius 2 is 1.82 bits per heavy atom. The number of nitrogens with zero attached hydrogens (tertiary/aromatic N) is 2. The summed E-state index contributed by atoms with van der Waals surface area (Å²) in [6.45, 7) is 3.21. The molecule has 0 bridgehead atoms. The molecule has 0 saturated carbocycles. The zero-order chi connectivity index (χ0) is 20.1. The van der Waals surface area contributed by atoms with Crippen molar-refractivity contribution in [2.24, 2.45) is 5.92 Å². The van der Waals surface area contributed by atoms with Gasteiger partial charge in [0.1, 0.15) is 6.61 Å². The lowest BCUT2D eigenvalue weighted by molar-refractivity contribution is -0.134. The van der Waals surface area contributed by atoms with Gasteiger partial charge in [0, 0.05) is 25.7 Å². The molecular formula is C22H26N2O4. The van der Waals surface area contributed by atoms with Gasteiger partial charge in [0.2, 0.25) is 11.8 Å². The number of aryl methyl sites for hydroxylation is 1. The Labute approximate surface area is 165 Å². The fourth-order valence-electron chi connectivity index (χ4n) is 3.30. The quantitative estimate of drug-likeness (QED) is 0.739. The summed E-state index contributed by atoms with van der Waals surface area (Å²) >= 11 is 0. The van der Waals surface area contributed by atoms with Gasteiger partial charge in [-0.15, -0.1) is 0 Å². The van der Waals surface area contributed by atoms with Gasteiger partial charge in [0.25, 0.3) is 0 Å². The summed E-state index contributed by atoms with van der Waals surface area (Å²) in [4.78, 5) is 28.5. The van der Waals surface area contributed by atoms with Crippen LogP contribution in [0.1, 0.15) is 12.0 Å². The Hall–Kier alpha value is -3.02. The van der Waals surface area contributed by atoms with Crippen molar-refractivity contribution in [3.8, 4) is 11.5 Å². The van der Waals surface area contributed by atoms with E-state index in [4.69, 9.17) is 9.47 Å². The van der Waals surface area contributed by atoms with Crippen LogP contribution in [-0.2, 0) is 9.59 Å². The van der Waals surface area contributed by atoms with E-state index in [0.29, 0.717) is 31.2 Å². The van der Waals surface area contributed by atoms with Crippen LogP contribution in [0.5, 0.6) is 11.5 Å². The second-order valence-electron chi connectivity index (χ2n) is 7.00. The molecule has 6 nitrogen and oxygen atoms in total. The van der Waals surface area contributed by atoms with Crippen molar-refractivity contribution >= 4 is 17.5 Å². The number of rotatable bonds is 7. The number of carbonyl (C=O) groups is 2. The Kier molecular flexibility index (Phi) is 6.19. The van der Waals surface area contributed by atoms with Crippen LogP contribution in [-0.4, -0.2) is 50.6 Å². The molecule has 1 atom stereocenters. The number of methoxy groups -OCH3 is 1. The molecule has 1 fully saturated rings. The lowest BCUT2D eigenvalue weighted by Gasteiger charge is -2.22. The Balaban J connectivity index is 1.53. The van der Waals surface area contributed by atoms with Crippen molar-refractivity contribution in [3.05, 3.63) is 54.1 Å². The summed E-state index contributed by atoms with van der Waals surface area (Å²) in [6, 6.07) is 15.2. The van der Waals surface area contributed by atoms with Crippen LogP contribution in [0, 0.1) is 12.8 Å². The maximum absolute atomic E-state index is 12.8. The molecule has 1 saturated heterocycles. The highest BCUT2D eigenvalue weighted by Crippen LogP contribution is 2.27. The van der Waals surface area contributed by atoms with E-state index >= 15 is 0 Å². The summed E-state index contributed by atoms with van der Waals surface area (Å²) in [5.41, 5.74) is 1.98. The molecule has 0 N–H and O–H groups in total. The van der Waals surface area contributed by atoms with E-state index in [1.807, 2.05) is 55.5 Å². The van der Waals surface area contributed by atoms with E-state index in [1.165, 1.54) is 0 Å². The molecule has 1 heterocycles. The number of likely N-dealkylation sites (N-methyl/N-ethyl adjacent to an activating group) is 1. The van der Waals surface area contributed by atoms with Gasteiger partial charge in [0.15, 0.2) is 11.5 Å². The third kappa shape index (κ3) is 4.44. The first-order chi connectivity index (χ1) is 13.5. The van der Waals surface area contributed by atoms with Crippen molar-refractivity contribution in [2.75, 3.05) is 38.8 Å². The first-order valence-electron chi connectivity index (χ1n) is 9.37. The number of amides is 2. The van der Waals surface area contributed by atoms with Gasteiger partial charge in [-0.05, 0) is 31.2 Å². The predicted molar refractivity (Wildman–Crippen MR) is 108 cm³/mol. The van der Waals surface area contributed by atoms with Gasteiger partial charge < -0.3 is 19.3 Å². The first kappa shape index (κ1) is 19.7. The van der Waals surface area contributed by atoms with Crippen LogP contribution in [0.25, 0.3) is 0 Å². The number of benzene rings is 2. The second kappa shape index (κ2) is 8.78. The number of ether oxygens (including phenoxy) is 2. The van der Waals surface area contributed by atoms with E-state index in [0.717, 1.165) is 11.3 Å². The van der Waals surface area contributed by atoms with E-state index in [2.05, 4.69) is 0 Å². The fraction of sp³-hybridized carbons (Fsp3) is 0.364. The third-order valence-electron chi connectivity index (χ3n) is 4.95. The topological polar surface area (TPSA) is 59.1 Å². The highest BCUT2D eigenvalue weighted by Gasteiger charge is 2.36. The second-order valence-corrected chi connectivity index (χ2v) is 7.00. The largest absolute Gasteiger partial charge is 0.493 e. The number of para-hydroxylation sites is 2. The highest BCUT2D eigenvalue weighted by atomic mass is 16.5. The van der Waals surface area contributed by atoms with Gasteiger partial charge >= 0.3 is 0 Å².